The minimum absolute atomic E-state index is 0.0882. The number of hydrogen-bond donors (Lipinski definition) is 1. The predicted molar refractivity (Wildman–Crippen MR) is 77.4 cm³/mol. The molecule has 20 heavy (non-hydrogen) atoms. The summed E-state index contributed by atoms with van der Waals surface area (Å²) in [5.41, 5.74) is 0.282. The van der Waals surface area contributed by atoms with Crippen LogP contribution in [0.3, 0.4) is 0 Å². The van der Waals surface area contributed by atoms with Crippen molar-refractivity contribution in [2.45, 2.75) is 23.5 Å². The van der Waals surface area contributed by atoms with Crippen LogP contribution in [0.4, 0.5) is 0 Å². The van der Waals surface area contributed by atoms with Crippen molar-refractivity contribution in [2.24, 2.45) is 0 Å². The first kappa shape index (κ1) is 16.5. The molecule has 0 amide bonds. The normalized spacial score (nSPS) is 11.8. The van der Waals surface area contributed by atoms with Crippen LogP contribution in [-0.4, -0.2) is 35.7 Å². The van der Waals surface area contributed by atoms with Crippen molar-refractivity contribution in [3.8, 4) is 6.07 Å². The van der Waals surface area contributed by atoms with Gasteiger partial charge in [-0.3, -0.25) is 4.79 Å². The van der Waals surface area contributed by atoms with Crippen molar-refractivity contribution in [3.63, 3.8) is 0 Å². The summed E-state index contributed by atoms with van der Waals surface area (Å²) in [4.78, 5) is 11.0. The zero-order valence-electron chi connectivity index (χ0n) is 11.2. The molecule has 1 aromatic carbocycles. The number of nitrogens with zero attached hydrogens (tertiary/aromatic N) is 1. The molecule has 0 unspecified atom stereocenters. The number of benzene rings is 1. The molecular formula is C13H15NO4S2. The number of aliphatic carboxylic acids is 1. The minimum Gasteiger partial charge on any atom is -0.480 e. The molecule has 0 aromatic heterocycles. The molecule has 0 saturated carbocycles. The summed E-state index contributed by atoms with van der Waals surface area (Å²) in [6.45, 7) is 3.06. The second-order valence-electron chi connectivity index (χ2n) is 4.62. The molecule has 5 nitrogen and oxygen atoms in total. The molecule has 1 rings (SSSR count). The van der Waals surface area contributed by atoms with Gasteiger partial charge in [0.1, 0.15) is 4.75 Å². The Morgan fingerprint density at radius 2 is 2.10 bits per heavy atom. The molecule has 108 valence electrons. The van der Waals surface area contributed by atoms with Crippen molar-refractivity contribution < 1.29 is 18.3 Å². The molecular weight excluding hydrogens is 298 g/mol. The van der Waals surface area contributed by atoms with E-state index < -0.39 is 20.6 Å². The van der Waals surface area contributed by atoms with Crippen LogP contribution in [0.5, 0.6) is 0 Å². The highest BCUT2D eigenvalue weighted by atomic mass is 32.2. The first-order chi connectivity index (χ1) is 9.19. The van der Waals surface area contributed by atoms with Gasteiger partial charge in [-0.05, 0) is 32.0 Å². The molecule has 7 heteroatoms. The summed E-state index contributed by atoms with van der Waals surface area (Å²) in [5.74, 6) is -0.965. The summed E-state index contributed by atoms with van der Waals surface area (Å²) in [6, 6.07) is 7.69. The maximum absolute atomic E-state index is 12.1. The topological polar surface area (TPSA) is 95.2 Å². The Labute approximate surface area is 122 Å². The lowest BCUT2D eigenvalue weighted by Crippen LogP contribution is -2.28. The fourth-order valence-electron chi connectivity index (χ4n) is 1.35. The van der Waals surface area contributed by atoms with Crippen molar-refractivity contribution in [3.05, 3.63) is 29.8 Å². The number of carboxylic acid groups (broad SMARTS) is 1. The van der Waals surface area contributed by atoms with E-state index in [1.165, 1.54) is 38.1 Å². The van der Waals surface area contributed by atoms with Gasteiger partial charge in [-0.2, -0.15) is 5.26 Å². The second kappa shape index (κ2) is 6.29. The van der Waals surface area contributed by atoms with Gasteiger partial charge in [-0.15, -0.1) is 11.8 Å². The Hall–Kier alpha value is -1.52. The lowest BCUT2D eigenvalue weighted by molar-refractivity contribution is -0.138. The predicted octanol–water partition coefficient (Wildman–Crippen LogP) is 1.93. The smallest absolute Gasteiger partial charge is 0.319 e. The highest BCUT2D eigenvalue weighted by molar-refractivity contribution is 8.02. The molecule has 0 fully saturated rings. The molecule has 0 bridgehead atoms. The van der Waals surface area contributed by atoms with Crippen LogP contribution in [0, 0.1) is 11.3 Å². The van der Waals surface area contributed by atoms with Crippen LogP contribution in [-0.2, 0) is 14.6 Å². The number of nitriles is 1. The first-order valence-electron chi connectivity index (χ1n) is 5.79. The fraction of sp³-hybridized carbons (Fsp3) is 0.385. The van der Waals surface area contributed by atoms with Crippen LogP contribution < -0.4 is 0 Å². The van der Waals surface area contributed by atoms with Gasteiger partial charge < -0.3 is 5.11 Å². The average molecular weight is 313 g/mol. The van der Waals surface area contributed by atoms with Crippen molar-refractivity contribution >= 4 is 27.6 Å². The van der Waals surface area contributed by atoms with Crippen LogP contribution in [0.15, 0.2) is 29.2 Å². The summed E-state index contributed by atoms with van der Waals surface area (Å²) >= 11 is 1.07. The molecule has 0 radical (unpaired) electrons. The van der Waals surface area contributed by atoms with E-state index in [0.717, 1.165) is 11.8 Å². The van der Waals surface area contributed by atoms with E-state index in [0.29, 0.717) is 0 Å². The minimum atomic E-state index is -3.51. The average Bonchev–Trinajstić information content (AvgIpc) is 2.38. The molecule has 0 aliphatic heterocycles. The SMILES string of the molecule is CC(C)(SCCS(=O)(=O)c1cccc(C#N)c1)C(=O)O. The molecule has 0 aliphatic carbocycles. The molecule has 0 atom stereocenters. The standard InChI is InChI=1S/C13H15NO4S2/c1-13(2,12(15)16)19-6-7-20(17,18)11-5-3-4-10(8-11)9-14/h3-5,8H,6-7H2,1-2H3,(H,15,16). The van der Waals surface area contributed by atoms with Crippen LogP contribution in [0.25, 0.3) is 0 Å². The Bertz CT molecular complexity index is 645. The molecule has 0 aliphatic rings. The number of thioether (sulfide) groups is 1. The summed E-state index contributed by atoms with van der Waals surface area (Å²) in [7, 11) is -3.51. The lowest BCUT2D eigenvalue weighted by Gasteiger charge is -2.18. The molecule has 0 spiro atoms. The van der Waals surface area contributed by atoms with Crippen LogP contribution >= 0.6 is 11.8 Å². The third kappa shape index (κ3) is 4.25. The third-order valence-electron chi connectivity index (χ3n) is 2.65. The largest absolute Gasteiger partial charge is 0.480 e. The zero-order chi connectivity index (χ0) is 15.4. The number of rotatable bonds is 6. The van der Waals surface area contributed by atoms with Gasteiger partial charge in [0, 0.05) is 5.75 Å². The molecule has 1 aromatic rings. The van der Waals surface area contributed by atoms with E-state index in [2.05, 4.69) is 0 Å². The zero-order valence-corrected chi connectivity index (χ0v) is 12.8. The van der Waals surface area contributed by atoms with Gasteiger partial charge in [0.2, 0.25) is 0 Å². The molecule has 0 saturated heterocycles. The number of sulfone groups is 1. The van der Waals surface area contributed by atoms with Crippen LogP contribution in [0.1, 0.15) is 19.4 Å². The maximum Gasteiger partial charge on any atom is 0.319 e. The van der Waals surface area contributed by atoms with Gasteiger partial charge in [0.25, 0.3) is 0 Å². The van der Waals surface area contributed by atoms with E-state index in [1.54, 1.807) is 0 Å². The second-order valence-corrected chi connectivity index (χ2v) is 8.45. The Morgan fingerprint density at radius 3 is 2.65 bits per heavy atom. The summed E-state index contributed by atoms with van der Waals surface area (Å²) < 4.78 is 23.1. The van der Waals surface area contributed by atoms with Crippen molar-refractivity contribution in [1.82, 2.24) is 0 Å². The van der Waals surface area contributed by atoms with Crippen LogP contribution in [0.2, 0.25) is 0 Å². The summed E-state index contributed by atoms with van der Waals surface area (Å²) in [6.07, 6.45) is 0. The molecule has 0 heterocycles. The highest BCUT2D eigenvalue weighted by Crippen LogP contribution is 2.25. The van der Waals surface area contributed by atoms with E-state index in [4.69, 9.17) is 10.4 Å². The quantitative estimate of drug-likeness (QED) is 0.862. The number of carbonyl (C=O) groups is 1. The van der Waals surface area contributed by atoms with E-state index >= 15 is 0 Å². The fourth-order valence-corrected chi connectivity index (χ4v) is 4.02. The third-order valence-corrected chi connectivity index (χ3v) is 5.93. The van der Waals surface area contributed by atoms with Gasteiger partial charge in [-0.25, -0.2) is 8.42 Å². The first-order valence-corrected chi connectivity index (χ1v) is 8.43. The monoisotopic (exact) mass is 313 g/mol. The van der Waals surface area contributed by atoms with E-state index in [9.17, 15) is 13.2 Å². The highest BCUT2D eigenvalue weighted by Gasteiger charge is 2.28. The molecule has 1 N–H and O–H groups in total. The van der Waals surface area contributed by atoms with Crippen molar-refractivity contribution in [1.29, 1.82) is 5.26 Å². The number of carboxylic acids is 1. The maximum atomic E-state index is 12.1. The van der Waals surface area contributed by atoms with E-state index in [-0.39, 0.29) is 22.0 Å². The Balaban J connectivity index is 2.76. The Morgan fingerprint density at radius 1 is 1.45 bits per heavy atom. The van der Waals surface area contributed by atoms with Gasteiger partial charge >= 0.3 is 5.97 Å². The number of hydrogen-bond acceptors (Lipinski definition) is 5. The van der Waals surface area contributed by atoms with Crippen molar-refractivity contribution in [2.75, 3.05) is 11.5 Å². The lowest BCUT2D eigenvalue weighted by atomic mass is 10.2. The summed E-state index contributed by atoms with van der Waals surface area (Å²) in [5, 5.41) is 17.7. The van der Waals surface area contributed by atoms with Gasteiger partial charge in [-0.1, -0.05) is 6.07 Å². The van der Waals surface area contributed by atoms with Gasteiger partial charge in [0.15, 0.2) is 9.84 Å². The van der Waals surface area contributed by atoms with E-state index in [1.807, 2.05) is 6.07 Å². The Kier molecular flexibility index (Phi) is 5.20. The van der Waals surface area contributed by atoms with Gasteiger partial charge in [0.05, 0.1) is 22.3 Å².